The van der Waals surface area contributed by atoms with E-state index in [1.54, 1.807) is 6.26 Å². The summed E-state index contributed by atoms with van der Waals surface area (Å²) >= 11 is 1.50. The number of amides is 1. The van der Waals surface area contributed by atoms with E-state index in [-0.39, 0.29) is 11.9 Å². The van der Waals surface area contributed by atoms with Gasteiger partial charge in [-0.1, -0.05) is 6.42 Å². The number of furan rings is 1. The van der Waals surface area contributed by atoms with Crippen molar-refractivity contribution in [1.29, 1.82) is 0 Å². The van der Waals surface area contributed by atoms with Crippen LogP contribution in [0.5, 0.6) is 0 Å². The molecule has 2 aromatic heterocycles. The Morgan fingerprint density at radius 1 is 1.38 bits per heavy atom. The molecule has 1 amide bonds. The number of thiazole rings is 1. The van der Waals surface area contributed by atoms with E-state index in [1.807, 2.05) is 19.1 Å². The fourth-order valence-electron chi connectivity index (χ4n) is 4.04. The van der Waals surface area contributed by atoms with Gasteiger partial charge in [0.25, 0.3) is 5.91 Å². The minimum Gasteiger partial charge on any atom is -0.462 e. The van der Waals surface area contributed by atoms with Crippen LogP contribution in [0, 0.1) is 12.8 Å². The van der Waals surface area contributed by atoms with E-state index in [2.05, 4.69) is 22.1 Å². The van der Waals surface area contributed by atoms with Gasteiger partial charge in [0.05, 0.1) is 6.26 Å². The molecule has 0 unspecified atom stereocenters. The molecule has 1 N–H and O–H groups in total. The molecule has 2 atom stereocenters. The molecular formula is C20H27N3O2S. The molecule has 26 heavy (non-hydrogen) atoms. The summed E-state index contributed by atoms with van der Waals surface area (Å²) in [6, 6.07) is 4.67. The van der Waals surface area contributed by atoms with Gasteiger partial charge in [0, 0.05) is 23.5 Å². The highest BCUT2D eigenvalue weighted by atomic mass is 32.1. The number of hydrogen-bond donors (Lipinski definition) is 1. The zero-order chi connectivity index (χ0) is 18.1. The van der Waals surface area contributed by atoms with Crippen molar-refractivity contribution in [3.8, 4) is 10.8 Å². The lowest BCUT2D eigenvalue weighted by Crippen LogP contribution is -2.50. The Balaban J connectivity index is 1.39. The Kier molecular flexibility index (Phi) is 5.14. The molecule has 0 bridgehead atoms. The average molecular weight is 374 g/mol. The largest absolute Gasteiger partial charge is 0.462 e. The van der Waals surface area contributed by atoms with Gasteiger partial charge >= 0.3 is 0 Å². The number of likely N-dealkylation sites (tertiary alicyclic amines) is 1. The Morgan fingerprint density at radius 2 is 2.23 bits per heavy atom. The molecule has 1 saturated heterocycles. The molecule has 5 nitrogen and oxygen atoms in total. The number of piperidine rings is 1. The maximum atomic E-state index is 12.8. The topological polar surface area (TPSA) is 58.4 Å². The Labute approximate surface area is 158 Å². The highest BCUT2D eigenvalue weighted by molar-refractivity contribution is 7.15. The molecule has 1 aliphatic heterocycles. The third-order valence-electron chi connectivity index (χ3n) is 5.89. The van der Waals surface area contributed by atoms with Crippen molar-refractivity contribution in [2.45, 2.75) is 58.0 Å². The molecular weight excluding hydrogens is 346 g/mol. The Hall–Kier alpha value is -1.66. The molecule has 2 aromatic rings. The first-order chi connectivity index (χ1) is 12.6. The van der Waals surface area contributed by atoms with Crippen LogP contribution in [-0.2, 0) is 0 Å². The number of aryl methyl sites for hydroxylation is 1. The number of nitrogens with zero attached hydrogens (tertiary/aromatic N) is 2. The SMILES string of the molecule is Cc1sc(-c2ccco2)nc1C(=O)N[C@H](C)[C@H]1CCCN(C2CCC2)C1. The number of nitrogens with one attached hydrogen (secondary N) is 1. The van der Waals surface area contributed by atoms with E-state index < -0.39 is 0 Å². The molecule has 2 aliphatic rings. The number of carbonyl (C=O) groups excluding carboxylic acids is 1. The van der Waals surface area contributed by atoms with Crippen LogP contribution < -0.4 is 5.32 Å². The van der Waals surface area contributed by atoms with Crippen molar-refractivity contribution in [2.24, 2.45) is 5.92 Å². The van der Waals surface area contributed by atoms with Crippen LogP contribution in [0.25, 0.3) is 10.8 Å². The second-order valence-corrected chi connectivity index (χ2v) is 8.85. The van der Waals surface area contributed by atoms with Crippen LogP contribution in [-0.4, -0.2) is 41.0 Å². The molecule has 2 fully saturated rings. The Morgan fingerprint density at radius 3 is 2.92 bits per heavy atom. The van der Waals surface area contributed by atoms with Crippen LogP contribution in [0.1, 0.15) is 54.4 Å². The monoisotopic (exact) mass is 373 g/mol. The van der Waals surface area contributed by atoms with Crippen molar-refractivity contribution in [3.05, 3.63) is 29.0 Å². The molecule has 140 valence electrons. The summed E-state index contributed by atoms with van der Waals surface area (Å²) in [6.07, 6.45) is 8.13. The van der Waals surface area contributed by atoms with Crippen LogP contribution >= 0.6 is 11.3 Å². The summed E-state index contributed by atoms with van der Waals surface area (Å²) in [5.74, 6) is 1.18. The number of hydrogen-bond acceptors (Lipinski definition) is 5. The third-order valence-corrected chi connectivity index (χ3v) is 6.88. The van der Waals surface area contributed by atoms with Crippen molar-refractivity contribution in [3.63, 3.8) is 0 Å². The number of aromatic nitrogens is 1. The molecule has 0 aromatic carbocycles. The second kappa shape index (κ2) is 7.53. The fourth-order valence-corrected chi connectivity index (χ4v) is 4.92. The molecule has 6 heteroatoms. The van der Waals surface area contributed by atoms with Gasteiger partial charge in [-0.3, -0.25) is 4.79 Å². The Bertz CT molecular complexity index is 751. The standard InChI is InChI=1S/C20H27N3O2S/c1-13(15-6-4-10-23(12-15)16-7-3-8-16)21-19(24)18-14(2)26-20(22-18)17-9-5-11-25-17/h5,9,11,13,15-16H,3-4,6-8,10,12H2,1-2H3,(H,21,24)/t13-,15+/m1/s1. The highest BCUT2D eigenvalue weighted by Gasteiger charge is 2.32. The van der Waals surface area contributed by atoms with E-state index in [0.717, 1.165) is 22.5 Å². The van der Waals surface area contributed by atoms with Crippen LogP contribution in [0.3, 0.4) is 0 Å². The molecule has 1 aliphatic carbocycles. The van der Waals surface area contributed by atoms with E-state index >= 15 is 0 Å². The van der Waals surface area contributed by atoms with E-state index in [9.17, 15) is 4.79 Å². The van der Waals surface area contributed by atoms with Crippen LogP contribution in [0.2, 0.25) is 0 Å². The molecule has 3 heterocycles. The number of rotatable bonds is 5. The van der Waals surface area contributed by atoms with Gasteiger partial charge in [0.1, 0.15) is 5.69 Å². The molecule has 1 saturated carbocycles. The summed E-state index contributed by atoms with van der Waals surface area (Å²) in [5.41, 5.74) is 0.528. The lowest BCUT2D eigenvalue weighted by Gasteiger charge is -2.43. The predicted octanol–water partition coefficient (Wildman–Crippen LogP) is 4.09. The van der Waals surface area contributed by atoms with Gasteiger partial charge in [-0.05, 0) is 64.1 Å². The van der Waals surface area contributed by atoms with Crippen molar-refractivity contribution in [2.75, 3.05) is 13.1 Å². The lowest BCUT2D eigenvalue weighted by atomic mass is 9.85. The average Bonchev–Trinajstić information content (AvgIpc) is 3.22. The minimum atomic E-state index is -0.0650. The van der Waals surface area contributed by atoms with Gasteiger partial charge in [0.2, 0.25) is 0 Å². The number of carbonyl (C=O) groups is 1. The third kappa shape index (κ3) is 3.58. The summed E-state index contributed by atoms with van der Waals surface area (Å²) in [6.45, 7) is 6.42. The fraction of sp³-hybridized carbons (Fsp3) is 0.600. The second-order valence-electron chi connectivity index (χ2n) is 7.65. The maximum absolute atomic E-state index is 12.8. The summed E-state index contributed by atoms with van der Waals surface area (Å²) in [5, 5.41) is 3.97. The van der Waals surface area contributed by atoms with Gasteiger partial charge in [-0.2, -0.15) is 0 Å². The van der Waals surface area contributed by atoms with Crippen molar-refractivity contribution in [1.82, 2.24) is 15.2 Å². The lowest BCUT2D eigenvalue weighted by molar-refractivity contribution is 0.0634. The van der Waals surface area contributed by atoms with Gasteiger partial charge in [-0.25, -0.2) is 4.98 Å². The normalized spacial score (nSPS) is 22.8. The van der Waals surface area contributed by atoms with Crippen LogP contribution in [0.15, 0.2) is 22.8 Å². The van der Waals surface area contributed by atoms with Gasteiger partial charge in [-0.15, -0.1) is 11.3 Å². The molecule has 4 rings (SSSR count). The first-order valence-corrected chi connectivity index (χ1v) is 10.5. The smallest absolute Gasteiger partial charge is 0.271 e. The van der Waals surface area contributed by atoms with E-state index in [1.165, 1.54) is 50.0 Å². The van der Waals surface area contributed by atoms with Gasteiger partial charge < -0.3 is 14.6 Å². The molecule has 0 radical (unpaired) electrons. The summed E-state index contributed by atoms with van der Waals surface area (Å²) in [7, 11) is 0. The van der Waals surface area contributed by atoms with E-state index in [4.69, 9.17) is 4.42 Å². The summed E-state index contributed by atoms with van der Waals surface area (Å²) in [4.78, 5) is 20.9. The quantitative estimate of drug-likeness (QED) is 0.857. The van der Waals surface area contributed by atoms with Crippen molar-refractivity contribution >= 4 is 17.2 Å². The maximum Gasteiger partial charge on any atom is 0.271 e. The summed E-state index contributed by atoms with van der Waals surface area (Å²) < 4.78 is 5.40. The first-order valence-electron chi connectivity index (χ1n) is 9.68. The van der Waals surface area contributed by atoms with E-state index in [0.29, 0.717) is 17.4 Å². The van der Waals surface area contributed by atoms with Gasteiger partial charge in [0.15, 0.2) is 10.8 Å². The first kappa shape index (κ1) is 17.7. The zero-order valence-electron chi connectivity index (χ0n) is 15.5. The highest BCUT2D eigenvalue weighted by Crippen LogP contribution is 2.31. The molecule has 0 spiro atoms. The van der Waals surface area contributed by atoms with Crippen molar-refractivity contribution < 1.29 is 9.21 Å². The predicted molar refractivity (Wildman–Crippen MR) is 103 cm³/mol. The zero-order valence-corrected chi connectivity index (χ0v) is 16.3. The minimum absolute atomic E-state index is 0.0650. The van der Waals surface area contributed by atoms with Crippen LogP contribution in [0.4, 0.5) is 0 Å².